The van der Waals surface area contributed by atoms with Crippen LogP contribution in [0.2, 0.25) is 0 Å². The van der Waals surface area contributed by atoms with E-state index in [9.17, 15) is 32.7 Å². The zero-order valence-corrected chi connectivity index (χ0v) is 14.5. The lowest BCUT2D eigenvalue weighted by atomic mass is 9.76. The highest BCUT2D eigenvalue weighted by molar-refractivity contribution is 5.84. The Kier molecular flexibility index (Phi) is 6.52. The summed E-state index contributed by atoms with van der Waals surface area (Å²) < 4.78 is 40.5. The smallest absolute Gasteiger partial charge is 0.396 e. The predicted molar refractivity (Wildman–Crippen MR) is 86.1 cm³/mol. The van der Waals surface area contributed by atoms with Crippen molar-refractivity contribution >= 4 is 17.8 Å². The summed E-state index contributed by atoms with van der Waals surface area (Å²) in [5.74, 6) is -2.50. The molecule has 26 heavy (non-hydrogen) atoms. The van der Waals surface area contributed by atoms with Crippen molar-refractivity contribution < 1.29 is 32.7 Å². The number of alkyl halides is 3. The first-order valence-corrected chi connectivity index (χ1v) is 8.98. The molecule has 3 N–H and O–H groups in total. The van der Waals surface area contributed by atoms with Crippen LogP contribution in [0.3, 0.4) is 0 Å². The lowest BCUT2D eigenvalue weighted by molar-refractivity contribution is -0.230. The zero-order valence-electron chi connectivity index (χ0n) is 14.5. The number of nitrogens with one attached hydrogen (secondary N) is 2. The second-order valence-corrected chi connectivity index (χ2v) is 7.43. The highest BCUT2D eigenvalue weighted by Crippen LogP contribution is 2.46. The molecule has 1 heterocycles. The van der Waals surface area contributed by atoms with Crippen molar-refractivity contribution in [2.75, 3.05) is 6.54 Å². The Hall–Kier alpha value is -1.80. The second-order valence-electron chi connectivity index (χ2n) is 7.43. The largest absolute Gasteiger partial charge is 0.480 e. The molecule has 0 aromatic carbocycles. The average Bonchev–Trinajstić information content (AvgIpc) is 2.56. The standard InChI is InChI=1S/C17H25F3N2O4/c18-17(19,20)16(7-6-13(23)21-10-16)9-14(24)22-12(15(25)26)8-11-4-2-1-3-5-11/h11-12H,1-10H2,(H,21,23)(H,22,24)(H,25,26). The van der Waals surface area contributed by atoms with Gasteiger partial charge < -0.3 is 15.7 Å². The molecule has 0 bridgehead atoms. The molecule has 2 aliphatic rings. The molecule has 2 fully saturated rings. The Bertz CT molecular complexity index is 535. The van der Waals surface area contributed by atoms with Crippen LogP contribution >= 0.6 is 0 Å². The van der Waals surface area contributed by atoms with Crippen LogP contribution in [0.25, 0.3) is 0 Å². The van der Waals surface area contributed by atoms with Crippen LogP contribution in [-0.2, 0) is 14.4 Å². The van der Waals surface area contributed by atoms with Gasteiger partial charge in [-0.25, -0.2) is 4.79 Å². The van der Waals surface area contributed by atoms with E-state index in [0.29, 0.717) is 0 Å². The molecule has 2 atom stereocenters. The molecule has 0 spiro atoms. The number of hydrogen-bond donors (Lipinski definition) is 3. The van der Waals surface area contributed by atoms with Gasteiger partial charge in [-0.2, -0.15) is 13.2 Å². The van der Waals surface area contributed by atoms with E-state index in [1.807, 2.05) is 0 Å². The van der Waals surface area contributed by atoms with Gasteiger partial charge in [0.05, 0.1) is 5.41 Å². The van der Waals surface area contributed by atoms with E-state index >= 15 is 0 Å². The van der Waals surface area contributed by atoms with Crippen molar-refractivity contribution in [3.8, 4) is 0 Å². The van der Waals surface area contributed by atoms with Gasteiger partial charge >= 0.3 is 12.1 Å². The number of carboxylic acid groups (broad SMARTS) is 1. The zero-order chi connectivity index (χ0) is 19.4. The summed E-state index contributed by atoms with van der Waals surface area (Å²) in [7, 11) is 0. The number of piperidine rings is 1. The number of carbonyl (C=O) groups excluding carboxylic acids is 2. The van der Waals surface area contributed by atoms with E-state index in [0.717, 1.165) is 32.1 Å². The Morgan fingerprint density at radius 3 is 2.42 bits per heavy atom. The molecule has 2 unspecified atom stereocenters. The fourth-order valence-corrected chi connectivity index (χ4v) is 3.82. The van der Waals surface area contributed by atoms with Gasteiger partial charge in [-0.15, -0.1) is 0 Å². The number of halogens is 3. The fourth-order valence-electron chi connectivity index (χ4n) is 3.82. The third kappa shape index (κ3) is 5.11. The van der Waals surface area contributed by atoms with Crippen molar-refractivity contribution in [1.82, 2.24) is 10.6 Å². The molecule has 1 aliphatic carbocycles. The van der Waals surface area contributed by atoms with Crippen LogP contribution in [0.5, 0.6) is 0 Å². The van der Waals surface area contributed by atoms with E-state index in [-0.39, 0.29) is 18.8 Å². The molecule has 1 saturated carbocycles. The summed E-state index contributed by atoms with van der Waals surface area (Å²) in [6.45, 7) is -0.664. The molecule has 6 nitrogen and oxygen atoms in total. The lowest BCUT2D eigenvalue weighted by Crippen LogP contribution is -2.54. The van der Waals surface area contributed by atoms with E-state index < -0.39 is 54.8 Å². The number of amides is 2. The third-order valence-corrected chi connectivity index (χ3v) is 5.48. The molecular weight excluding hydrogens is 353 g/mol. The van der Waals surface area contributed by atoms with Crippen LogP contribution in [0.15, 0.2) is 0 Å². The van der Waals surface area contributed by atoms with Gasteiger partial charge in [-0.3, -0.25) is 9.59 Å². The van der Waals surface area contributed by atoms with E-state index in [2.05, 4.69) is 10.6 Å². The highest BCUT2D eigenvalue weighted by Gasteiger charge is 2.57. The average molecular weight is 378 g/mol. The summed E-state index contributed by atoms with van der Waals surface area (Å²) in [4.78, 5) is 34.8. The topological polar surface area (TPSA) is 95.5 Å². The molecule has 1 saturated heterocycles. The highest BCUT2D eigenvalue weighted by atomic mass is 19.4. The number of hydrogen-bond acceptors (Lipinski definition) is 3. The summed E-state index contributed by atoms with van der Waals surface area (Å²) in [6.07, 6.45) is -1.25. The minimum absolute atomic E-state index is 0.163. The number of rotatable bonds is 6. The van der Waals surface area contributed by atoms with Crippen LogP contribution < -0.4 is 10.6 Å². The van der Waals surface area contributed by atoms with Gasteiger partial charge in [-0.05, 0) is 18.8 Å². The Balaban J connectivity index is 2.00. The first-order valence-electron chi connectivity index (χ1n) is 8.98. The first kappa shape index (κ1) is 20.5. The summed E-state index contributed by atoms with van der Waals surface area (Å²) in [6, 6.07) is -1.19. The molecule has 1 aliphatic heterocycles. The molecule has 2 amide bonds. The maximum absolute atomic E-state index is 13.5. The molecule has 9 heteroatoms. The molecule has 2 rings (SSSR count). The van der Waals surface area contributed by atoms with Gasteiger partial charge in [0.15, 0.2) is 0 Å². The number of carbonyl (C=O) groups is 3. The van der Waals surface area contributed by atoms with Crippen molar-refractivity contribution in [2.24, 2.45) is 11.3 Å². The van der Waals surface area contributed by atoms with E-state index in [1.165, 1.54) is 0 Å². The predicted octanol–water partition coefficient (Wildman–Crippen LogP) is 2.38. The molecule has 0 aromatic rings. The summed E-state index contributed by atoms with van der Waals surface area (Å²) >= 11 is 0. The minimum atomic E-state index is -4.67. The first-order chi connectivity index (χ1) is 12.1. The van der Waals surface area contributed by atoms with Crippen LogP contribution in [0.4, 0.5) is 13.2 Å². The quantitative estimate of drug-likeness (QED) is 0.661. The van der Waals surface area contributed by atoms with Crippen LogP contribution in [0.1, 0.15) is 57.8 Å². The molecule has 148 valence electrons. The molecule has 0 radical (unpaired) electrons. The lowest BCUT2D eigenvalue weighted by Gasteiger charge is -2.38. The Morgan fingerprint density at radius 2 is 1.92 bits per heavy atom. The van der Waals surface area contributed by atoms with Crippen molar-refractivity contribution in [3.05, 3.63) is 0 Å². The molecule has 0 aromatic heterocycles. The van der Waals surface area contributed by atoms with Gasteiger partial charge in [0.2, 0.25) is 11.8 Å². The number of carboxylic acids is 1. The van der Waals surface area contributed by atoms with Gasteiger partial charge in [0, 0.05) is 19.4 Å². The number of aliphatic carboxylic acids is 1. The van der Waals surface area contributed by atoms with Crippen LogP contribution in [-0.4, -0.2) is 41.7 Å². The van der Waals surface area contributed by atoms with E-state index in [4.69, 9.17) is 0 Å². The monoisotopic (exact) mass is 378 g/mol. The third-order valence-electron chi connectivity index (χ3n) is 5.48. The Labute approximate surface area is 149 Å². The fraction of sp³-hybridized carbons (Fsp3) is 0.824. The molecular formula is C17H25F3N2O4. The summed E-state index contributed by atoms with van der Waals surface area (Å²) in [5, 5.41) is 13.8. The second kappa shape index (κ2) is 8.26. The van der Waals surface area contributed by atoms with Crippen molar-refractivity contribution in [2.45, 2.75) is 70.0 Å². The maximum atomic E-state index is 13.5. The van der Waals surface area contributed by atoms with Crippen molar-refractivity contribution in [1.29, 1.82) is 0 Å². The van der Waals surface area contributed by atoms with Gasteiger partial charge in [0.1, 0.15) is 6.04 Å². The normalized spacial score (nSPS) is 26.0. The van der Waals surface area contributed by atoms with Crippen molar-refractivity contribution in [3.63, 3.8) is 0 Å². The maximum Gasteiger partial charge on any atom is 0.396 e. The van der Waals surface area contributed by atoms with E-state index in [1.54, 1.807) is 0 Å². The Morgan fingerprint density at radius 1 is 1.27 bits per heavy atom. The van der Waals surface area contributed by atoms with Crippen LogP contribution in [0, 0.1) is 11.3 Å². The SMILES string of the molecule is O=C1CCC(CC(=O)NC(CC2CCCCC2)C(=O)O)(C(F)(F)F)CN1. The summed E-state index contributed by atoms with van der Waals surface area (Å²) in [5.41, 5.74) is -2.35. The minimum Gasteiger partial charge on any atom is -0.480 e. The van der Waals surface area contributed by atoms with Gasteiger partial charge in [-0.1, -0.05) is 32.1 Å². The van der Waals surface area contributed by atoms with Gasteiger partial charge in [0.25, 0.3) is 0 Å².